The lowest BCUT2D eigenvalue weighted by Crippen LogP contribution is -2.64. The maximum Gasteiger partial charge on any atom is 0.246 e. The van der Waals surface area contributed by atoms with Gasteiger partial charge in [0.25, 0.3) is 0 Å². The first-order chi connectivity index (χ1) is 12.5. The maximum absolute atomic E-state index is 14.0. The van der Waals surface area contributed by atoms with E-state index in [4.69, 9.17) is 0 Å². The van der Waals surface area contributed by atoms with E-state index in [1.807, 2.05) is 0 Å². The summed E-state index contributed by atoms with van der Waals surface area (Å²) in [4.78, 5) is 2.40. The standard InChI is InChI=1S/C20H27FN2O2S.ClH/c21-18-3-1-2-4-19(18)26(24,25)23-7-5-22(6-8-23)20-12-15-9-16(13-20)11-17(10-15)14-20;/h1-4,15-17H,5-14H2;1H. The first-order valence-corrected chi connectivity index (χ1v) is 11.4. The molecule has 0 atom stereocenters. The molecule has 0 aromatic heterocycles. The summed E-state index contributed by atoms with van der Waals surface area (Å²) >= 11 is 0. The predicted octanol–water partition coefficient (Wildman–Crippen LogP) is 3.52. The molecular formula is C20H28ClFN2O2S. The molecule has 4 aliphatic carbocycles. The van der Waals surface area contributed by atoms with Crippen molar-refractivity contribution in [1.82, 2.24) is 9.21 Å². The fourth-order valence-corrected chi connectivity index (χ4v) is 8.14. The zero-order valence-electron chi connectivity index (χ0n) is 15.5. The molecule has 1 aliphatic heterocycles. The molecule has 4 saturated carbocycles. The Morgan fingerprint density at radius 3 is 1.93 bits per heavy atom. The Labute approximate surface area is 167 Å². The summed E-state index contributed by atoms with van der Waals surface area (Å²) in [5.74, 6) is 2.01. The Bertz CT molecular complexity index is 773. The lowest BCUT2D eigenvalue weighted by molar-refractivity contribution is -0.0964. The minimum Gasteiger partial charge on any atom is -0.295 e. The second-order valence-electron chi connectivity index (χ2n) is 8.96. The third-order valence-corrected chi connectivity index (χ3v) is 9.30. The summed E-state index contributed by atoms with van der Waals surface area (Å²) in [6.07, 6.45) is 8.17. The molecule has 7 heteroatoms. The average molecular weight is 415 g/mol. The van der Waals surface area contributed by atoms with Crippen molar-refractivity contribution in [3.8, 4) is 0 Å². The summed E-state index contributed by atoms with van der Waals surface area (Å²) in [7, 11) is -3.74. The fourth-order valence-electron chi connectivity index (χ4n) is 6.65. The van der Waals surface area contributed by atoms with Gasteiger partial charge in [-0.15, -0.1) is 12.4 Å². The average Bonchev–Trinajstić information content (AvgIpc) is 2.61. The quantitative estimate of drug-likeness (QED) is 0.759. The van der Waals surface area contributed by atoms with Gasteiger partial charge in [-0.05, 0) is 68.4 Å². The summed E-state index contributed by atoms with van der Waals surface area (Å²) < 4.78 is 41.1. The smallest absolute Gasteiger partial charge is 0.246 e. The van der Waals surface area contributed by atoms with E-state index in [1.54, 1.807) is 6.07 Å². The fraction of sp³-hybridized carbons (Fsp3) is 0.700. The molecule has 6 rings (SSSR count). The van der Waals surface area contributed by atoms with Gasteiger partial charge in [0.15, 0.2) is 0 Å². The second-order valence-corrected chi connectivity index (χ2v) is 10.9. The third kappa shape index (κ3) is 3.22. The van der Waals surface area contributed by atoms with Crippen LogP contribution in [0.3, 0.4) is 0 Å². The van der Waals surface area contributed by atoms with E-state index in [0.29, 0.717) is 18.6 Å². The van der Waals surface area contributed by atoms with Crippen LogP contribution in [0.25, 0.3) is 0 Å². The topological polar surface area (TPSA) is 40.6 Å². The van der Waals surface area contributed by atoms with Gasteiger partial charge in [0.05, 0.1) is 0 Å². The minimum absolute atomic E-state index is 0. The van der Waals surface area contributed by atoms with Crippen molar-refractivity contribution in [3.05, 3.63) is 30.1 Å². The first-order valence-electron chi connectivity index (χ1n) is 9.96. The number of piperazine rings is 1. The van der Waals surface area contributed by atoms with E-state index in [0.717, 1.165) is 30.8 Å². The van der Waals surface area contributed by atoms with Crippen LogP contribution in [-0.2, 0) is 10.0 Å². The van der Waals surface area contributed by atoms with Crippen LogP contribution >= 0.6 is 12.4 Å². The number of benzene rings is 1. The van der Waals surface area contributed by atoms with Crippen LogP contribution in [0.2, 0.25) is 0 Å². The maximum atomic E-state index is 14.0. The van der Waals surface area contributed by atoms with E-state index in [1.165, 1.54) is 61.0 Å². The Morgan fingerprint density at radius 2 is 1.41 bits per heavy atom. The molecule has 0 spiro atoms. The highest BCUT2D eigenvalue weighted by Crippen LogP contribution is 2.57. The Balaban J connectivity index is 0.00000180. The van der Waals surface area contributed by atoms with Crippen LogP contribution in [0.5, 0.6) is 0 Å². The number of halogens is 2. The van der Waals surface area contributed by atoms with E-state index in [9.17, 15) is 12.8 Å². The second kappa shape index (κ2) is 6.97. The van der Waals surface area contributed by atoms with E-state index >= 15 is 0 Å². The molecule has 4 bridgehead atoms. The predicted molar refractivity (Wildman–Crippen MR) is 105 cm³/mol. The van der Waals surface area contributed by atoms with Crippen LogP contribution in [0, 0.1) is 23.6 Å². The molecule has 5 aliphatic rings. The number of sulfonamides is 1. The van der Waals surface area contributed by atoms with Crippen molar-refractivity contribution >= 4 is 22.4 Å². The monoisotopic (exact) mass is 414 g/mol. The largest absolute Gasteiger partial charge is 0.295 e. The Kier molecular flexibility index (Phi) is 5.07. The summed E-state index contributed by atoms with van der Waals surface area (Å²) in [5, 5.41) is 0. The normalized spacial score (nSPS) is 36.6. The van der Waals surface area contributed by atoms with Gasteiger partial charge in [-0.25, -0.2) is 12.8 Å². The van der Waals surface area contributed by atoms with Gasteiger partial charge >= 0.3 is 0 Å². The highest BCUT2D eigenvalue weighted by atomic mass is 35.5. The Hall–Kier alpha value is -0.690. The van der Waals surface area contributed by atoms with Gasteiger partial charge in [0.2, 0.25) is 10.0 Å². The first kappa shape index (κ1) is 19.6. The molecule has 5 fully saturated rings. The lowest BCUT2D eigenvalue weighted by Gasteiger charge is -2.61. The molecule has 0 amide bonds. The molecule has 0 radical (unpaired) electrons. The molecule has 0 unspecified atom stereocenters. The summed E-state index contributed by atoms with van der Waals surface area (Å²) in [5.41, 5.74) is 0.322. The van der Waals surface area contributed by atoms with Crippen molar-refractivity contribution in [1.29, 1.82) is 0 Å². The molecule has 1 aromatic rings. The van der Waals surface area contributed by atoms with Gasteiger partial charge in [-0.2, -0.15) is 4.31 Å². The molecule has 150 valence electrons. The van der Waals surface area contributed by atoms with Gasteiger partial charge in [-0.1, -0.05) is 12.1 Å². The van der Waals surface area contributed by atoms with Crippen LogP contribution in [-0.4, -0.2) is 49.3 Å². The van der Waals surface area contributed by atoms with E-state index in [2.05, 4.69) is 4.90 Å². The Morgan fingerprint density at radius 1 is 0.889 bits per heavy atom. The van der Waals surface area contributed by atoms with Gasteiger partial charge < -0.3 is 0 Å². The van der Waals surface area contributed by atoms with Crippen molar-refractivity contribution in [2.45, 2.75) is 49.0 Å². The van der Waals surface area contributed by atoms with Gasteiger partial charge in [-0.3, -0.25) is 4.90 Å². The molecule has 4 nitrogen and oxygen atoms in total. The SMILES string of the molecule is Cl.O=S(=O)(c1ccccc1F)N1CCN(C23CC4CC(CC(C4)C2)C3)CC1. The van der Waals surface area contributed by atoms with E-state index in [-0.39, 0.29) is 17.3 Å². The van der Waals surface area contributed by atoms with Crippen LogP contribution in [0.1, 0.15) is 38.5 Å². The van der Waals surface area contributed by atoms with Gasteiger partial charge in [0.1, 0.15) is 10.7 Å². The summed E-state index contributed by atoms with van der Waals surface area (Å²) in [6, 6.07) is 5.70. The van der Waals surface area contributed by atoms with Gasteiger partial charge in [0, 0.05) is 31.7 Å². The van der Waals surface area contributed by atoms with Crippen molar-refractivity contribution in [3.63, 3.8) is 0 Å². The number of nitrogens with zero attached hydrogens (tertiary/aromatic N) is 2. The third-order valence-electron chi connectivity index (χ3n) is 7.37. The molecule has 1 heterocycles. The number of rotatable bonds is 3. The lowest BCUT2D eigenvalue weighted by atomic mass is 9.52. The van der Waals surface area contributed by atoms with Crippen LogP contribution < -0.4 is 0 Å². The molecule has 27 heavy (non-hydrogen) atoms. The van der Waals surface area contributed by atoms with Crippen molar-refractivity contribution in [2.75, 3.05) is 26.2 Å². The summed E-state index contributed by atoms with van der Waals surface area (Å²) in [6.45, 7) is 2.50. The molecule has 0 N–H and O–H groups in total. The minimum atomic E-state index is -3.74. The van der Waals surface area contributed by atoms with E-state index < -0.39 is 15.8 Å². The van der Waals surface area contributed by atoms with Crippen molar-refractivity contribution in [2.24, 2.45) is 17.8 Å². The van der Waals surface area contributed by atoms with Crippen LogP contribution in [0.4, 0.5) is 4.39 Å². The van der Waals surface area contributed by atoms with Crippen molar-refractivity contribution < 1.29 is 12.8 Å². The molecule has 1 aromatic carbocycles. The zero-order valence-corrected chi connectivity index (χ0v) is 17.2. The molecule has 1 saturated heterocycles. The highest BCUT2D eigenvalue weighted by molar-refractivity contribution is 7.89. The highest BCUT2D eigenvalue weighted by Gasteiger charge is 2.54. The number of hydrogen-bond acceptors (Lipinski definition) is 3. The zero-order chi connectivity index (χ0) is 17.9. The van der Waals surface area contributed by atoms with Crippen LogP contribution in [0.15, 0.2) is 29.2 Å². The molecular weight excluding hydrogens is 387 g/mol. The number of hydrogen-bond donors (Lipinski definition) is 0.